The molecule has 0 bridgehead atoms. The fraction of sp³-hybridized carbons (Fsp3) is 0.533. The van der Waals surface area contributed by atoms with E-state index in [1.165, 1.54) is 11.1 Å². The van der Waals surface area contributed by atoms with Gasteiger partial charge in [-0.3, -0.25) is 5.32 Å². The Bertz CT molecular complexity index is 402. The van der Waals surface area contributed by atoms with Crippen molar-refractivity contribution in [2.45, 2.75) is 52.1 Å². The molecule has 0 aliphatic carbocycles. The van der Waals surface area contributed by atoms with Crippen LogP contribution in [0, 0.1) is 11.3 Å². The standard InChI is InChI=1S/C15H22N2/c1-14(2,3)13-8-6-12(7-9-13)10-17-15(4,5)11-16/h6-9,17H,10H2,1-5H3. The van der Waals surface area contributed by atoms with Crippen molar-refractivity contribution >= 4 is 0 Å². The Balaban J connectivity index is 2.68. The topological polar surface area (TPSA) is 35.8 Å². The zero-order valence-electron chi connectivity index (χ0n) is 11.5. The minimum Gasteiger partial charge on any atom is -0.296 e. The maximum Gasteiger partial charge on any atom is 0.101 e. The summed E-state index contributed by atoms with van der Waals surface area (Å²) in [5.41, 5.74) is 2.27. The van der Waals surface area contributed by atoms with E-state index in [0.717, 1.165) is 6.54 Å². The van der Waals surface area contributed by atoms with Gasteiger partial charge in [0.05, 0.1) is 6.07 Å². The molecule has 0 fully saturated rings. The smallest absolute Gasteiger partial charge is 0.101 e. The van der Waals surface area contributed by atoms with Gasteiger partial charge >= 0.3 is 0 Å². The third-order valence-electron chi connectivity index (χ3n) is 2.83. The van der Waals surface area contributed by atoms with Crippen LogP contribution in [0.25, 0.3) is 0 Å². The van der Waals surface area contributed by atoms with Crippen LogP contribution in [0.1, 0.15) is 45.7 Å². The predicted octanol–water partition coefficient (Wildman–Crippen LogP) is 3.38. The molecule has 1 aromatic rings. The van der Waals surface area contributed by atoms with Gasteiger partial charge in [-0.2, -0.15) is 5.26 Å². The fourth-order valence-electron chi connectivity index (χ4n) is 1.49. The zero-order valence-corrected chi connectivity index (χ0v) is 11.5. The van der Waals surface area contributed by atoms with Gasteiger partial charge in [-0.15, -0.1) is 0 Å². The third kappa shape index (κ3) is 4.20. The SMILES string of the molecule is CC(C)(C#N)NCc1ccc(C(C)(C)C)cc1. The molecule has 0 spiro atoms. The second kappa shape index (κ2) is 4.89. The Morgan fingerprint density at radius 2 is 1.59 bits per heavy atom. The maximum absolute atomic E-state index is 8.91. The number of nitrogens with one attached hydrogen (secondary N) is 1. The van der Waals surface area contributed by atoms with Crippen LogP contribution in [-0.4, -0.2) is 5.54 Å². The highest BCUT2D eigenvalue weighted by atomic mass is 14.9. The Morgan fingerprint density at radius 1 is 1.06 bits per heavy atom. The lowest BCUT2D eigenvalue weighted by molar-refractivity contribution is 0.485. The van der Waals surface area contributed by atoms with Crippen molar-refractivity contribution < 1.29 is 0 Å². The molecule has 0 aliphatic heterocycles. The van der Waals surface area contributed by atoms with Crippen LogP contribution >= 0.6 is 0 Å². The van der Waals surface area contributed by atoms with E-state index in [2.05, 4.69) is 56.4 Å². The molecule has 0 unspecified atom stereocenters. The van der Waals surface area contributed by atoms with Crippen molar-refractivity contribution in [2.24, 2.45) is 0 Å². The molecule has 0 atom stereocenters. The second-order valence-electron chi connectivity index (χ2n) is 6.04. The van der Waals surface area contributed by atoms with E-state index >= 15 is 0 Å². The number of nitriles is 1. The average molecular weight is 230 g/mol. The first-order chi connectivity index (χ1) is 7.74. The van der Waals surface area contributed by atoms with E-state index in [-0.39, 0.29) is 5.41 Å². The molecule has 2 nitrogen and oxygen atoms in total. The summed E-state index contributed by atoms with van der Waals surface area (Å²) in [6.07, 6.45) is 0. The van der Waals surface area contributed by atoms with Crippen molar-refractivity contribution in [1.29, 1.82) is 5.26 Å². The Hall–Kier alpha value is -1.33. The van der Waals surface area contributed by atoms with Gasteiger partial charge < -0.3 is 0 Å². The number of nitrogens with zero attached hydrogens (tertiary/aromatic N) is 1. The quantitative estimate of drug-likeness (QED) is 0.864. The largest absolute Gasteiger partial charge is 0.296 e. The molecule has 0 saturated carbocycles. The maximum atomic E-state index is 8.91. The monoisotopic (exact) mass is 230 g/mol. The van der Waals surface area contributed by atoms with E-state index < -0.39 is 5.54 Å². The van der Waals surface area contributed by atoms with Gasteiger partial charge in [-0.05, 0) is 30.4 Å². The summed E-state index contributed by atoms with van der Waals surface area (Å²) in [5.74, 6) is 0. The summed E-state index contributed by atoms with van der Waals surface area (Å²) in [7, 11) is 0. The van der Waals surface area contributed by atoms with Gasteiger partial charge in [0.1, 0.15) is 5.54 Å². The second-order valence-corrected chi connectivity index (χ2v) is 6.04. The minimum absolute atomic E-state index is 0.192. The van der Waals surface area contributed by atoms with Crippen LogP contribution in [0.2, 0.25) is 0 Å². The van der Waals surface area contributed by atoms with Gasteiger partial charge in [0.25, 0.3) is 0 Å². The van der Waals surface area contributed by atoms with Crippen LogP contribution in [-0.2, 0) is 12.0 Å². The van der Waals surface area contributed by atoms with E-state index in [1.807, 2.05) is 13.8 Å². The van der Waals surface area contributed by atoms with Crippen LogP contribution in [0.15, 0.2) is 24.3 Å². The van der Waals surface area contributed by atoms with E-state index in [9.17, 15) is 0 Å². The van der Waals surface area contributed by atoms with Gasteiger partial charge in [-0.1, -0.05) is 45.0 Å². The first-order valence-electron chi connectivity index (χ1n) is 6.00. The summed E-state index contributed by atoms with van der Waals surface area (Å²) in [6.45, 7) is 11.1. The van der Waals surface area contributed by atoms with Gasteiger partial charge in [-0.25, -0.2) is 0 Å². The molecule has 1 N–H and O–H groups in total. The van der Waals surface area contributed by atoms with Crippen LogP contribution in [0.3, 0.4) is 0 Å². The summed E-state index contributed by atoms with van der Waals surface area (Å²) in [6, 6.07) is 10.8. The minimum atomic E-state index is -0.470. The normalized spacial score (nSPS) is 12.2. The first kappa shape index (κ1) is 13.7. The highest BCUT2D eigenvalue weighted by Crippen LogP contribution is 2.22. The molecule has 2 heteroatoms. The predicted molar refractivity (Wildman–Crippen MR) is 71.7 cm³/mol. The summed E-state index contributed by atoms with van der Waals surface area (Å²) in [5, 5.41) is 12.1. The summed E-state index contributed by atoms with van der Waals surface area (Å²) in [4.78, 5) is 0. The van der Waals surface area contributed by atoms with Crippen molar-refractivity contribution in [3.8, 4) is 6.07 Å². The molecule has 0 amide bonds. The summed E-state index contributed by atoms with van der Waals surface area (Å²) < 4.78 is 0. The van der Waals surface area contributed by atoms with Crippen molar-refractivity contribution in [3.05, 3.63) is 35.4 Å². The van der Waals surface area contributed by atoms with Crippen LogP contribution in [0.5, 0.6) is 0 Å². The lowest BCUT2D eigenvalue weighted by Crippen LogP contribution is -2.36. The Morgan fingerprint density at radius 3 is 2.00 bits per heavy atom. The molecule has 0 heterocycles. The molecular weight excluding hydrogens is 208 g/mol. The summed E-state index contributed by atoms with van der Waals surface area (Å²) >= 11 is 0. The highest BCUT2D eigenvalue weighted by Gasteiger charge is 2.16. The molecule has 1 rings (SSSR count). The number of rotatable bonds is 3. The van der Waals surface area contributed by atoms with Crippen molar-refractivity contribution in [3.63, 3.8) is 0 Å². The molecule has 1 aromatic carbocycles. The van der Waals surface area contributed by atoms with Crippen LogP contribution < -0.4 is 5.32 Å². The highest BCUT2D eigenvalue weighted by molar-refractivity contribution is 5.27. The van der Waals surface area contributed by atoms with E-state index in [0.29, 0.717) is 0 Å². The third-order valence-corrected chi connectivity index (χ3v) is 2.83. The Kier molecular flexibility index (Phi) is 3.95. The molecule has 17 heavy (non-hydrogen) atoms. The molecule has 0 saturated heterocycles. The van der Waals surface area contributed by atoms with Gasteiger partial charge in [0, 0.05) is 6.54 Å². The molecular formula is C15H22N2. The molecule has 0 radical (unpaired) electrons. The molecule has 0 aliphatic rings. The van der Waals surface area contributed by atoms with Gasteiger partial charge in [0.2, 0.25) is 0 Å². The lowest BCUT2D eigenvalue weighted by Gasteiger charge is -2.20. The number of hydrogen-bond acceptors (Lipinski definition) is 2. The van der Waals surface area contributed by atoms with Gasteiger partial charge in [0.15, 0.2) is 0 Å². The average Bonchev–Trinajstić information content (AvgIpc) is 2.26. The number of benzene rings is 1. The van der Waals surface area contributed by atoms with E-state index in [4.69, 9.17) is 5.26 Å². The lowest BCUT2D eigenvalue weighted by atomic mass is 9.87. The zero-order chi connectivity index (χ0) is 13.1. The Labute approximate surface area is 105 Å². The van der Waals surface area contributed by atoms with Crippen LogP contribution in [0.4, 0.5) is 0 Å². The first-order valence-corrected chi connectivity index (χ1v) is 6.00. The van der Waals surface area contributed by atoms with Crippen molar-refractivity contribution in [2.75, 3.05) is 0 Å². The van der Waals surface area contributed by atoms with Crippen molar-refractivity contribution in [1.82, 2.24) is 5.32 Å². The van der Waals surface area contributed by atoms with E-state index in [1.54, 1.807) is 0 Å². The molecule has 92 valence electrons. The number of hydrogen-bond donors (Lipinski definition) is 1. The fourth-order valence-corrected chi connectivity index (χ4v) is 1.49. The molecule has 0 aromatic heterocycles.